The van der Waals surface area contributed by atoms with Crippen molar-refractivity contribution in [3.63, 3.8) is 0 Å². The third kappa shape index (κ3) is 9.39. The summed E-state index contributed by atoms with van der Waals surface area (Å²) in [5.41, 5.74) is 11.6. The van der Waals surface area contributed by atoms with Crippen LogP contribution in [0.5, 0.6) is 0 Å². The summed E-state index contributed by atoms with van der Waals surface area (Å²) in [5, 5.41) is 17.7. The highest BCUT2D eigenvalue weighted by Gasteiger charge is 2.33. The lowest BCUT2D eigenvalue weighted by Gasteiger charge is -2.39. The molecule has 0 aromatic heterocycles. The quantitative estimate of drug-likeness (QED) is 0.0928. The molecule has 0 bridgehead atoms. The summed E-state index contributed by atoms with van der Waals surface area (Å²) >= 11 is 0. The molecule has 5 aromatic carbocycles. The van der Waals surface area contributed by atoms with Crippen molar-refractivity contribution < 1.29 is 24.2 Å². The Morgan fingerprint density at radius 1 is 0.824 bits per heavy atom. The second kappa shape index (κ2) is 16.8. The first kappa shape index (κ1) is 35.8. The number of nitrogens with two attached hydrogens (primary N) is 1. The van der Waals surface area contributed by atoms with Crippen LogP contribution in [0.3, 0.4) is 0 Å². The fraction of sp³-hybridized carbons (Fsp3) is 0.286. The van der Waals surface area contributed by atoms with Crippen LogP contribution < -0.4 is 16.4 Å². The Labute approximate surface area is 299 Å². The van der Waals surface area contributed by atoms with Crippen molar-refractivity contribution in [3.8, 4) is 0 Å². The number of carbonyl (C=O) groups is 2. The van der Waals surface area contributed by atoms with Gasteiger partial charge in [0.15, 0.2) is 6.29 Å². The molecule has 1 fully saturated rings. The Hall–Kier alpha value is -5.06. The second-order valence-corrected chi connectivity index (χ2v) is 13.2. The van der Waals surface area contributed by atoms with Gasteiger partial charge in [-0.25, -0.2) is 0 Å². The van der Waals surface area contributed by atoms with Gasteiger partial charge in [-0.05, 0) is 78.2 Å². The average Bonchev–Trinajstić information content (AvgIpc) is 3.15. The van der Waals surface area contributed by atoms with E-state index < -0.39 is 6.29 Å². The number of nitrogens with zero attached hydrogens (tertiary/aromatic N) is 1. The third-order valence-corrected chi connectivity index (χ3v) is 9.53. The monoisotopic (exact) mass is 686 g/mol. The number of hydrogen-bond donors (Lipinski definition) is 4. The van der Waals surface area contributed by atoms with Crippen LogP contribution in [-0.2, 0) is 25.7 Å². The number of carbonyl (C=O) groups excluding carboxylic acids is 2. The lowest BCUT2D eigenvalue weighted by Crippen LogP contribution is -2.38. The smallest absolute Gasteiger partial charge is 0.224 e. The zero-order chi connectivity index (χ0) is 35.7. The lowest BCUT2D eigenvalue weighted by molar-refractivity contribution is -0.253. The van der Waals surface area contributed by atoms with Crippen LogP contribution in [0.25, 0.3) is 10.8 Å². The van der Waals surface area contributed by atoms with Crippen LogP contribution in [0, 0.1) is 0 Å². The Bertz CT molecular complexity index is 1930. The topological polar surface area (TPSA) is 126 Å². The van der Waals surface area contributed by atoms with E-state index in [4.69, 9.17) is 15.2 Å². The number of aliphatic hydroxyl groups excluding tert-OH is 1. The number of anilines is 3. The van der Waals surface area contributed by atoms with Gasteiger partial charge in [0.05, 0.1) is 30.2 Å². The van der Waals surface area contributed by atoms with Gasteiger partial charge in [0.2, 0.25) is 11.8 Å². The SMILES string of the molecule is CC(c1ccc2ccccc2c1)N(C)CC1CC(c2ccc(CO)cc2)OC(c2ccc(NC(=O)CCCC(=O)Nc3ccccc3N)cc2)O1. The van der Waals surface area contributed by atoms with Crippen molar-refractivity contribution in [3.05, 3.63) is 138 Å². The Balaban J connectivity index is 1.08. The van der Waals surface area contributed by atoms with Gasteiger partial charge >= 0.3 is 0 Å². The molecule has 0 radical (unpaired) electrons. The molecule has 2 amide bonds. The van der Waals surface area contributed by atoms with E-state index in [0.717, 1.165) is 16.7 Å². The van der Waals surface area contributed by atoms with Gasteiger partial charge in [0, 0.05) is 43.1 Å². The Morgan fingerprint density at radius 2 is 1.49 bits per heavy atom. The average molecular weight is 687 g/mol. The van der Waals surface area contributed by atoms with Crippen molar-refractivity contribution in [2.24, 2.45) is 0 Å². The number of nitrogens with one attached hydrogen (secondary N) is 2. The summed E-state index contributed by atoms with van der Waals surface area (Å²) in [5.74, 6) is -0.359. The Morgan fingerprint density at radius 3 is 2.22 bits per heavy atom. The van der Waals surface area contributed by atoms with Crippen molar-refractivity contribution in [2.75, 3.05) is 30.0 Å². The molecule has 0 aliphatic carbocycles. The van der Waals surface area contributed by atoms with Crippen LogP contribution in [0.2, 0.25) is 0 Å². The minimum Gasteiger partial charge on any atom is -0.397 e. The molecule has 5 aromatic rings. The number of nitrogen functional groups attached to an aromatic ring is 1. The number of aliphatic hydroxyl groups is 1. The number of ether oxygens (including phenoxy) is 2. The number of fused-ring (bicyclic) bond motifs is 1. The lowest BCUT2D eigenvalue weighted by atomic mass is 9.98. The maximum atomic E-state index is 12.7. The molecule has 6 rings (SSSR count). The number of amides is 2. The maximum Gasteiger partial charge on any atom is 0.224 e. The fourth-order valence-corrected chi connectivity index (χ4v) is 6.41. The van der Waals surface area contributed by atoms with Crippen LogP contribution in [0.15, 0.2) is 115 Å². The Kier molecular flexibility index (Phi) is 11.8. The molecule has 0 saturated carbocycles. The molecule has 51 heavy (non-hydrogen) atoms. The molecule has 264 valence electrons. The first-order chi connectivity index (χ1) is 24.7. The summed E-state index contributed by atoms with van der Waals surface area (Å²) in [4.78, 5) is 27.3. The molecular formula is C42H46N4O5. The second-order valence-electron chi connectivity index (χ2n) is 13.2. The van der Waals surface area contributed by atoms with Gasteiger partial charge < -0.3 is 30.9 Å². The van der Waals surface area contributed by atoms with Crippen LogP contribution >= 0.6 is 0 Å². The van der Waals surface area contributed by atoms with E-state index in [9.17, 15) is 14.7 Å². The first-order valence-corrected chi connectivity index (χ1v) is 17.5. The number of para-hydroxylation sites is 2. The van der Waals surface area contributed by atoms with Crippen LogP contribution in [0.4, 0.5) is 17.1 Å². The van der Waals surface area contributed by atoms with Crippen LogP contribution in [-0.4, -0.2) is 41.5 Å². The number of benzene rings is 5. The molecule has 1 saturated heterocycles. The highest BCUT2D eigenvalue weighted by atomic mass is 16.7. The molecule has 0 spiro atoms. The van der Waals surface area contributed by atoms with Crippen LogP contribution in [0.1, 0.15) is 73.3 Å². The van der Waals surface area contributed by atoms with E-state index in [-0.39, 0.29) is 49.5 Å². The van der Waals surface area contributed by atoms with Gasteiger partial charge in [-0.1, -0.05) is 84.9 Å². The highest BCUT2D eigenvalue weighted by Crippen LogP contribution is 2.39. The molecule has 4 unspecified atom stereocenters. The molecule has 9 nitrogen and oxygen atoms in total. The van der Waals surface area contributed by atoms with E-state index in [1.807, 2.05) is 48.5 Å². The van der Waals surface area contributed by atoms with Crippen molar-refractivity contribution >= 4 is 39.6 Å². The maximum absolute atomic E-state index is 12.7. The molecule has 1 aliphatic heterocycles. The minimum absolute atomic E-state index is 0.0142. The van der Waals surface area contributed by atoms with Crippen molar-refractivity contribution in [1.82, 2.24) is 4.90 Å². The van der Waals surface area contributed by atoms with Crippen molar-refractivity contribution in [1.29, 1.82) is 0 Å². The summed E-state index contributed by atoms with van der Waals surface area (Å²) in [6.07, 6.45) is 0.556. The van der Waals surface area contributed by atoms with Gasteiger partial charge in [0.1, 0.15) is 0 Å². The van der Waals surface area contributed by atoms with Gasteiger partial charge in [-0.3, -0.25) is 14.5 Å². The summed E-state index contributed by atoms with van der Waals surface area (Å²) in [6, 6.07) is 37.7. The number of hydrogen-bond acceptors (Lipinski definition) is 7. The molecular weight excluding hydrogens is 640 g/mol. The zero-order valence-electron chi connectivity index (χ0n) is 29.1. The normalized spacial score (nSPS) is 18.0. The van der Waals surface area contributed by atoms with E-state index in [1.165, 1.54) is 16.3 Å². The molecule has 9 heteroatoms. The molecule has 5 N–H and O–H groups in total. The van der Waals surface area contributed by atoms with Gasteiger partial charge in [0.25, 0.3) is 0 Å². The third-order valence-electron chi connectivity index (χ3n) is 9.53. The standard InChI is InChI=1S/C42H46N4O5/c1-28(33-19-18-30-8-3-4-9-34(30)24-33)46(2)26-36-25-39(31-16-14-29(27-47)15-17-31)51-42(50-36)32-20-22-35(23-21-32)44-40(48)12-7-13-41(49)45-38-11-6-5-10-37(38)43/h3-6,8-11,14-24,28,36,39,42,47H,7,12-13,25-27,43H2,1-2H3,(H,44,48)(H,45,49). The van der Waals surface area contributed by atoms with E-state index in [2.05, 4.69) is 72.0 Å². The number of likely N-dealkylation sites (N-methyl/N-ethyl adjacent to an activating group) is 1. The molecule has 4 atom stereocenters. The summed E-state index contributed by atoms with van der Waals surface area (Å²) in [7, 11) is 2.13. The number of rotatable bonds is 13. The molecule has 1 heterocycles. The van der Waals surface area contributed by atoms with Crippen molar-refractivity contribution in [2.45, 2.75) is 63.8 Å². The summed E-state index contributed by atoms with van der Waals surface area (Å²) < 4.78 is 13.2. The van der Waals surface area contributed by atoms with E-state index in [1.54, 1.807) is 24.3 Å². The first-order valence-electron chi connectivity index (χ1n) is 17.5. The molecule has 1 aliphatic rings. The largest absolute Gasteiger partial charge is 0.397 e. The highest BCUT2D eigenvalue weighted by molar-refractivity contribution is 5.95. The predicted molar refractivity (Wildman–Crippen MR) is 202 cm³/mol. The predicted octanol–water partition coefficient (Wildman–Crippen LogP) is 7.90. The van der Waals surface area contributed by atoms with E-state index >= 15 is 0 Å². The fourth-order valence-electron chi connectivity index (χ4n) is 6.41. The van der Waals surface area contributed by atoms with Gasteiger partial charge in [-0.2, -0.15) is 0 Å². The minimum atomic E-state index is -0.613. The summed E-state index contributed by atoms with van der Waals surface area (Å²) in [6.45, 7) is 2.90. The van der Waals surface area contributed by atoms with E-state index in [0.29, 0.717) is 36.4 Å². The zero-order valence-corrected chi connectivity index (χ0v) is 29.1. The van der Waals surface area contributed by atoms with Gasteiger partial charge in [-0.15, -0.1) is 0 Å².